The van der Waals surface area contributed by atoms with E-state index in [2.05, 4.69) is 15.6 Å². The summed E-state index contributed by atoms with van der Waals surface area (Å²) in [4.78, 5) is 16.4. The highest BCUT2D eigenvalue weighted by atomic mass is 16.5. The predicted octanol–water partition coefficient (Wildman–Crippen LogP) is 1.81. The molecule has 1 aliphatic heterocycles. The molecule has 1 aromatic heterocycles. The molecule has 0 saturated carbocycles. The van der Waals surface area contributed by atoms with Crippen LogP contribution < -0.4 is 15.4 Å². The van der Waals surface area contributed by atoms with Gasteiger partial charge in [-0.15, -0.1) is 0 Å². The molecule has 2 atom stereocenters. The Morgan fingerprint density at radius 3 is 3.00 bits per heavy atom. The van der Waals surface area contributed by atoms with E-state index in [0.717, 1.165) is 13.0 Å². The van der Waals surface area contributed by atoms with Crippen LogP contribution in [0.1, 0.15) is 27.2 Å². The predicted molar refractivity (Wildman–Crippen MR) is 74.2 cm³/mol. The summed E-state index contributed by atoms with van der Waals surface area (Å²) in [6.07, 6.45) is 2.55. The van der Waals surface area contributed by atoms with Crippen molar-refractivity contribution < 1.29 is 9.53 Å². The molecule has 1 fully saturated rings. The molecule has 5 nitrogen and oxygen atoms in total. The molecule has 0 aliphatic carbocycles. The van der Waals surface area contributed by atoms with E-state index in [-0.39, 0.29) is 24.0 Å². The van der Waals surface area contributed by atoms with Crippen LogP contribution in [-0.4, -0.2) is 29.6 Å². The third-order valence-electron chi connectivity index (χ3n) is 3.24. The van der Waals surface area contributed by atoms with Crippen molar-refractivity contribution in [1.29, 1.82) is 0 Å². The third-order valence-corrected chi connectivity index (χ3v) is 3.24. The fourth-order valence-corrected chi connectivity index (χ4v) is 2.25. The van der Waals surface area contributed by atoms with E-state index in [1.54, 1.807) is 12.3 Å². The first-order valence-corrected chi connectivity index (χ1v) is 6.74. The molecule has 104 valence electrons. The van der Waals surface area contributed by atoms with Gasteiger partial charge in [0, 0.05) is 12.2 Å². The fourth-order valence-electron chi connectivity index (χ4n) is 2.25. The molecular weight excluding hydrogens is 242 g/mol. The molecule has 1 saturated heterocycles. The Labute approximate surface area is 113 Å². The summed E-state index contributed by atoms with van der Waals surface area (Å²) in [5.74, 6) is 0.510. The quantitative estimate of drug-likeness (QED) is 0.869. The van der Waals surface area contributed by atoms with Crippen LogP contribution in [0.3, 0.4) is 0 Å². The van der Waals surface area contributed by atoms with E-state index in [1.165, 1.54) is 0 Å². The number of nitrogens with one attached hydrogen (secondary N) is 2. The van der Waals surface area contributed by atoms with Crippen molar-refractivity contribution in [3.63, 3.8) is 0 Å². The molecule has 0 radical (unpaired) electrons. The molecule has 5 heteroatoms. The number of carbonyl (C=O) groups excluding carboxylic acids is 1. The van der Waals surface area contributed by atoms with Gasteiger partial charge < -0.3 is 15.4 Å². The minimum Gasteiger partial charge on any atom is -0.473 e. The number of carbonyl (C=O) groups is 1. The smallest absolute Gasteiger partial charge is 0.238 e. The lowest BCUT2D eigenvalue weighted by molar-refractivity contribution is -0.120. The summed E-state index contributed by atoms with van der Waals surface area (Å²) in [7, 11) is 0. The zero-order chi connectivity index (χ0) is 13.8. The van der Waals surface area contributed by atoms with E-state index in [9.17, 15) is 4.79 Å². The first-order valence-electron chi connectivity index (χ1n) is 6.74. The van der Waals surface area contributed by atoms with Gasteiger partial charge in [0.1, 0.15) is 5.69 Å². The number of pyridine rings is 1. The second kappa shape index (κ2) is 6.02. The van der Waals surface area contributed by atoms with Crippen LogP contribution in [0.15, 0.2) is 18.3 Å². The molecule has 0 bridgehead atoms. The Hall–Kier alpha value is -1.62. The van der Waals surface area contributed by atoms with Gasteiger partial charge in [-0.2, -0.15) is 0 Å². The van der Waals surface area contributed by atoms with Crippen molar-refractivity contribution in [1.82, 2.24) is 10.3 Å². The second-order valence-corrected chi connectivity index (χ2v) is 5.15. The maximum atomic E-state index is 12.2. The van der Waals surface area contributed by atoms with Crippen LogP contribution in [0.5, 0.6) is 5.88 Å². The maximum Gasteiger partial charge on any atom is 0.238 e. The van der Waals surface area contributed by atoms with Gasteiger partial charge in [-0.25, -0.2) is 4.98 Å². The second-order valence-electron chi connectivity index (χ2n) is 5.15. The molecule has 1 aliphatic rings. The van der Waals surface area contributed by atoms with Crippen molar-refractivity contribution in [3.05, 3.63) is 18.3 Å². The third kappa shape index (κ3) is 3.44. The molecular formula is C14H21N3O2. The van der Waals surface area contributed by atoms with E-state index < -0.39 is 0 Å². The number of hydrogen-bond acceptors (Lipinski definition) is 4. The van der Waals surface area contributed by atoms with Crippen LogP contribution in [-0.2, 0) is 4.79 Å². The van der Waals surface area contributed by atoms with Crippen LogP contribution in [0.2, 0.25) is 0 Å². The Bertz CT molecular complexity index is 448. The summed E-state index contributed by atoms with van der Waals surface area (Å²) in [6.45, 7) is 6.79. The topological polar surface area (TPSA) is 63.2 Å². The zero-order valence-electron chi connectivity index (χ0n) is 11.6. The lowest BCUT2D eigenvalue weighted by Crippen LogP contribution is -2.32. The Balaban J connectivity index is 2.08. The van der Waals surface area contributed by atoms with E-state index in [1.807, 2.05) is 26.8 Å². The number of anilines is 1. The minimum absolute atomic E-state index is 0.00658. The summed E-state index contributed by atoms with van der Waals surface area (Å²) in [5, 5.41) is 6.20. The largest absolute Gasteiger partial charge is 0.473 e. The SMILES string of the molecule is CC(C)Oc1ncccc1NC(=O)C1CCNC1C. The lowest BCUT2D eigenvalue weighted by Gasteiger charge is -2.17. The zero-order valence-corrected chi connectivity index (χ0v) is 11.6. The Kier molecular flexibility index (Phi) is 4.37. The molecule has 0 aromatic carbocycles. The number of aromatic nitrogens is 1. The number of nitrogens with zero attached hydrogens (tertiary/aromatic N) is 1. The van der Waals surface area contributed by atoms with Crippen molar-refractivity contribution in [2.45, 2.75) is 39.3 Å². The summed E-state index contributed by atoms with van der Waals surface area (Å²) < 4.78 is 5.59. The highest BCUT2D eigenvalue weighted by Gasteiger charge is 2.29. The van der Waals surface area contributed by atoms with Gasteiger partial charge in [0.2, 0.25) is 11.8 Å². The summed E-state index contributed by atoms with van der Waals surface area (Å²) >= 11 is 0. The van der Waals surface area contributed by atoms with Crippen molar-refractivity contribution in [2.75, 3.05) is 11.9 Å². The van der Waals surface area contributed by atoms with E-state index in [4.69, 9.17) is 4.74 Å². The molecule has 2 N–H and O–H groups in total. The number of rotatable bonds is 4. The Morgan fingerprint density at radius 2 is 2.37 bits per heavy atom. The first kappa shape index (κ1) is 13.8. The molecule has 2 rings (SSSR count). The number of amides is 1. The van der Waals surface area contributed by atoms with E-state index >= 15 is 0 Å². The van der Waals surface area contributed by atoms with Gasteiger partial charge >= 0.3 is 0 Å². The van der Waals surface area contributed by atoms with Gasteiger partial charge in [-0.05, 0) is 45.9 Å². The van der Waals surface area contributed by atoms with Crippen molar-refractivity contribution >= 4 is 11.6 Å². The molecule has 2 unspecified atom stereocenters. The summed E-state index contributed by atoms with van der Waals surface area (Å²) in [6, 6.07) is 3.82. The van der Waals surface area contributed by atoms with Crippen LogP contribution in [0, 0.1) is 5.92 Å². The monoisotopic (exact) mass is 263 g/mol. The van der Waals surface area contributed by atoms with Gasteiger partial charge in [-0.3, -0.25) is 4.79 Å². The normalized spacial score (nSPS) is 22.5. The van der Waals surface area contributed by atoms with Crippen molar-refractivity contribution in [3.8, 4) is 5.88 Å². The van der Waals surface area contributed by atoms with Gasteiger partial charge in [0.15, 0.2) is 0 Å². The molecule has 1 aromatic rings. The minimum atomic E-state index is 0.00658. The average molecular weight is 263 g/mol. The first-order chi connectivity index (χ1) is 9.08. The Morgan fingerprint density at radius 1 is 1.58 bits per heavy atom. The summed E-state index contributed by atoms with van der Waals surface area (Å²) in [5.41, 5.74) is 0.639. The molecule has 2 heterocycles. The fraction of sp³-hybridized carbons (Fsp3) is 0.571. The molecule has 1 amide bonds. The van der Waals surface area contributed by atoms with Crippen LogP contribution >= 0.6 is 0 Å². The van der Waals surface area contributed by atoms with Gasteiger partial charge in [-0.1, -0.05) is 0 Å². The molecule has 19 heavy (non-hydrogen) atoms. The lowest BCUT2D eigenvalue weighted by atomic mass is 10.0. The van der Waals surface area contributed by atoms with Crippen LogP contribution in [0.25, 0.3) is 0 Å². The number of ether oxygens (including phenoxy) is 1. The van der Waals surface area contributed by atoms with Gasteiger partial charge in [0.25, 0.3) is 0 Å². The standard InChI is InChI=1S/C14H21N3O2/c1-9(2)19-14-12(5-4-7-16-14)17-13(18)11-6-8-15-10(11)3/h4-5,7,9-11,15H,6,8H2,1-3H3,(H,17,18). The number of hydrogen-bond donors (Lipinski definition) is 2. The highest BCUT2D eigenvalue weighted by Crippen LogP contribution is 2.24. The average Bonchev–Trinajstić information content (AvgIpc) is 2.77. The van der Waals surface area contributed by atoms with Crippen LogP contribution in [0.4, 0.5) is 5.69 Å². The molecule has 0 spiro atoms. The maximum absolute atomic E-state index is 12.2. The van der Waals surface area contributed by atoms with Crippen molar-refractivity contribution in [2.24, 2.45) is 5.92 Å². The van der Waals surface area contributed by atoms with E-state index in [0.29, 0.717) is 11.6 Å². The highest BCUT2D eigenvalue weighted by molar-refractivity contribution is 5.94. The van der Waals surface area contributed by atoms with Gasteiger partial charge in [0.05, 0.1) is 12.0 Å².